The van der Waals surface area contributed by atoms with Gasteiger partial charge < -0.3 is 4.74 Å². The van der Waals surface area contributed by atoms with Crippen molar-refractivity contribution in [3.05, 3.63) is 47.1 Å². The highest BCUT2D eigenvalue weighted by Crippen LogP contribution is 2.24. The summed E-state index contributed by atoms with van der Waals surface area (Å²) in [6.45, 7) is 0. The van der Waals surface area contributed by atoms with E-state index < -0.39 is 5.97 Å². The number of nitrogens with zero attached hydrogens (tertiary/aromatic N) is 1. The van der Waals surface area contributed by atoms with Crippen molar-refractivity contribution in [2.24, 2.45) is 0 Å². The molecule has 0 radical (unpaired) electrons. The first-order valence-electron chi connectivity index (χ1n) is 5.54. The summed E-state index contributed by atoms with van der Waals surface area (Å²) in [5.74, 6) is -0.425. The number of esters is 1. The molecule has 0 atom stereocenters. The quantitative estimate of drug-likeness (QED) is 0.489. The van der Waals surface area contributed by atoms with Crippen LogP contribution in [0.5, 0.6) is 0 Å². The minimum Gasteiger partial charge on any atom is -0.465 e. The average Bonchev–Trinajstić information content (AvgIpc) is 2.45. The van der Waals surface area contributed by atoms with Crippen LogP contribution < -0.4 is 0 Å². The summed E-state index contributed by atoms with van der Waals surface area (Å²) in [5.41, 5.74) is 1.96. The number of methoxy groups -OCH3 is 1. The van der Waals surface area contributed by atoms with Gasteiger partial charge in [0.25, 0.3) is 0 Å². The van der Waals surface area contributed by atoms with Gasteiger partial charge in [-0.2, -0.15) is 0 Å². The molecule has 1 heterocycles. The molecule has 0 unspecified atom stereocenters. The number of ether oxygens (including phenoxy) is 1. The summed E-state index contributed by atoms with van der Waals surface area (Å²) >= 11 is 7.60. The van der Waals surface area contributed by atoms with E-state index in [2.05, 4.69) is 9.72 Å². The van der Waals surface area contributed by atoms with E-state index in [0.29, 0.717) is 11.3 Å². The minimum absolute atomic E-state index is 0.270. The molecule has 0 aliphatic carbocycles. The van der Waals surface area contributed by atoms with E-state index in [1.165, 1.54) is 18.1 Å². The summed E-state index contributed by atoms with van der Waals surface area (Å²) in [4.78, 5) is 16.9. The van der Waals surface area contributed by atoms with E-state index in [1.54, 1.807) is 17.8 Å². The first-order valence-corrected chi connectivity index (χ1v) is 7.14. The number of hydrogen-bond acceptors (Lipinski definition) is 4. The van der Waals surface area contributed by atoms with Gasteiger partial charge in [0.15, 0.2) is 0 Å². The van der Waals surface area contributed by atoms with Crippen LogP contribution in [0.4, 0.5) is 0 Å². The smallest absolute Gasteiger partial charge is 0.338 e. The maximum atomic E-state index is 11.5. The third kappa shape index (κ3) is 3.28. The second kappa shape index (κ2) is 6.08. The number of thioether (sulfide) groups is 1. The second-order valence-electron chi connectivity index (χ2n) is 3.78. The van der Waals surface area contributed by atoms with Gasteiger partial charge in [-0.25, -0.2) is 9.78 Å². The molecule has 0 spiro atoms. The summed E-state index contributed by atoms with van der Waals surface area (Å²) < 4.78 is 4.69. The van der Waals surface area contributed by atoms with E-state index in [4.69, 9.17) is 11.6 Å². The topological polar surface area (TPSA) is 39.2 Å². The van der Waals surface area contributed by atoms with Crippen LogP contribution in [-0.2, 0) is 4.74 Å². The van der Waals surface area contributed by atoms with Crippen molar-refractivity contribution in [1.82, 2.24) is 4.98 Å². The predicted octanol–water partition coefficient (Wildman–Crippen LogP) is 3.91. The number of benzene rings is 1. The van der Waals surface area contributed by atoms with Crippen molar-refractivity contribution in [3.63, 3.8) is 0 Å². The molecule has 98 valence electrons. The fourth-order valence-electron chi connectivity index (χ4n) is 1.64. The Kier molecular flexibility index (Phi) is 4.45. The number of carbonyl (C=O) groups is 1. The van der Waals surface area contributed by atoms with Gasteiger partial charge in [0.05, 0.1) is 18.4 Å². The molecule has 0 saturated heterocycles. The largest absolute Gasteiger partial charge is 0.465 e. The molecular weight excluding hydrogens is 282 g/mol. The molecule has 0 fully saturated rings. The molecule has 0 bridgehead atoms. The van der Waals surface area contributed by atoms with Crippen molar-refractivity contribution < 1.29 is 9.53 Å². The molecule has 0 amide bonds. The first kappa shape index (κ1) is 13.9. The van der Waals surface area contributed by atoms with Crippen molar-refractivity contribution in [3.8, 4) is 11.3 Å². The van der Waals surface area contributed by atoms with Crippen molar-refractivity contribution >= 4 is 29.3 Å². The lowest BCUT2D eigenvalue weighted by atomic mass is 10.1. The Balaban J connectivity index is 2.43. The van der Waals surface area contributed by atoms with Crippen molar-refractivity contribution in [2.75, 3.05) is 13.4 Å². The Hall–Kier alpha value is -1.52. The van der Waals surface area contributed by atoms with E-state index in [1.807, 2.05) is 30.5 Å². The van der Waals surface area contributed by atoms with Gasteiger partial charge in [-0.05, 0) is 30.5 Å². The number of carbonyl (C=O) groups excluding carboxylic acids is 1. The molecule has 3 nitrogen and oxygen atoms in total. The van der Waals surface area contributed by atoms with Crippen LogP contribution in [0.3, 0.4) is 0 Å². The second-order valence-corrected chi connectivity index (χ2v) is 5.05. The number of hydrogen-bond donors (Lipinski definition) is 0. The van der Waals surface area contributed by atoms with Gasteiger partial charge in [-0.3, -0.25) is 0 Å². The van der Waals surface area contributed by atoms with Crippen LogP contribution in [-0.4, -0.2) is 24.3 Å². The lowest BCUT2D eigenvalue weighted by molar-refractivity contribution is 0.0600. The highest BCUT2D eigenvalue weighted by molar-refractivity contribution is 7.98. The summed E-state index contributed by atoms with van der Waals surface area (Å²) in [6.07, 6.45) is 2.02. The zero-order valence-electron chi connectivity index (χ0n) is 10.5. The van der Waals surface area contributed by atoms with Crippen LogP contribution in [0.25, 0.3) is 11.3 Å². The van der Waals surface area contributed by atoms with Crippen molar-refractivity contribution in [1.29, 1.82) is 0 Å². The summed E-state index contributed by atoms with van der Waals surface area (Å²) in [6, 6.07) is 11.1. The van der Waals surface area contributed by atoms with Crippen LogP contribution >= 0.6 is 23.4 Å². The molecule has 5 heteroatoms. The number of pyridine rings is 1. The third-order valence-corrected chi connectivity index (χ3v) is 3.54. The lowest BCUT2D eigenvalue weighted by Gasteiger charge is -2.05. The van der Waals surface area contributed by atoms with Gasteiger partial charge in [0.1, 0.15) is 5.15 Å². The molecule has 0 aliphatic rings. The lowest BCUT2D eigenvalue weighted by Crippen LogP contribution is -2.02. The van der Waals surface area contributed by atoms with E-state index in [9.17, 15) is 4.79 Å². The molecule has 2 aromatic rings. The standard InChI is InChI=1S/C14H12ClNO2S/c1-18-14(17)10-7-12(16-13(15)8-10)9-3-5-11(19-2)6-4-9/h3-8H,1-2H3. The van der Waals surface area contributed by atoms with E-state index in [-0.39, 0.29) is 5.15 Å². The normalized spacial score (nSPS) is 10.3. The molecule has 19 heavy (non-hydrogen) atoms. The fraction of sp³-hybridized carbons (Fsp3) is 0.143. The Morgan fingerprint density at radius 3 is 2.53 bits per heavy atom. The summed E-state index contributed by atoms with van der Waals surface area (Å²) in [5, 5.41) is 0.270. The Morgan fingerprint density at radius 2 is 1.95 bits per heavy atom. The Morgan fingerprint density at radius 1 is 1.26 bits per heavy atom. The van der Waals surface area contributed by atoms with Gasteiger partial charge in [-0.15, -0.1) is 11.8 Å². The Labute approximate surface area is 121 Å². The zero-order valence-corrected chi connectivity index (χ0v) is 12.1. The molecule has 1 aromatic carbocycles. The minimum atomic E-state index is -0.425. The Bertz CT molecular complexity index is 599. The maximum Gasteiger partial charge on any atom is 0.338 e. The fourth-order valence-corrected chi connectivity index (χ4v) is 2.26. The third-order valence-electron chi connectivity index (χ3n) is 2.60. The van der Waals surface area contributed by atoms with Crippen LogP contribution in [0, 0.1) is 0 Å². The molecule has 0 aliphatic heterocycles. The molecule has 1 aromatic heterocycles. The SMILES string of the molecule is COC(=O)c1cc(Cl)nc(-c2ccc(SC)cc2)c1. The highest BCUT2D eigenvalue weighted by Gasteiger charge is 2.10. The van der Waals surface area contributed by atoms with Gasteiger partial charge in [0, 0.05) is 10.5 Å². The molecule has 0 saturated carbocycles. The summed E-state index contributed by atoms with van der Waals surface area (Å²) in [7, 11) is 1.34. The maximum absolute atomic E-state index is 11.5. The van der Waals surface area contributed by atoms with Crippen LogP contribution in [0.2, 0.25) is 5.15 Å². The van der Waals surface area contributed by atoms with Gasteiger partial charge in [-0.1, -0.05) is 23.7 Å². The number of halogens is 1. The van der Waals surface area contributed by atoms with Gasteiger partial charge in [0.2, 0.25) is 0 Å². The number of rotatable bonds is 3. The van der Waals surface area contributed by atoms with E-state index in [0.717, 1.165) is 5.56 Å². The van der Waals surface area contributed by atoms with Crippen LogP contribution in [0.1, 0.15) is 10.4 Å². The highest BCUT2D eigenvalue weighted by atomic mass is 35.5. The number of aromatic nitrogens is 1. The van der Waals surface area contributed by atoms with E-state index >= 15 is 0 Å². The molecular formula is C14H12ClNO2S. The molecule has 0 N–H and O–H groups in total. The van der Waals surface area contributed by atoms with Crippen LogP contribution in [0.15, 0.2) is 41.3 Å². The average molecular weight is 294 g/mol. The van der Waals surface area contributed by atoms with Crippen molar-refractivity contribution in [2.45, 2.75) is 4.90 Å². The zero-order chi connectivity index (χ0) is 13.8. The monoisotopic (exact) mass is 293 g/mol. The first-order chi connectivity index (χ1) is 9.13. The molecule has 2 rings (SSSR count). The predicted molar refractivity (Wildman–Crippen MR) is 77.8 cm³/mol. The van der Waals surface area contributed by atoms with Gasteiger partial charge >= 0.3 is 5.97 Å².